The number of nitrogens with one attached hydrogen (secondary N) is 3. The zero-order valence-electron chi connectivity index (χ0n) is 16.7. The molecule has 1 saturated carbocycles. The van der Waals surface area contributed by atoms with Crippen LogP contribution in [0.15, 0.2) is 4.99 Å². The lowest BCUT2D eigenvalue weighted by molar-refractivity contribution is -0.123. The summed E-state index contributed by atoms with van der Waals surface area (Å²) >= 11 is 0. The van der Waals surface area contributed by atoms with Crippen molar-refractivity contribution in [2.45, 2.75) is 70.9 Å². The van der Waals surface area contributed by atoms with Crippen LogP contribution in [-0.4, -0.2) is 62.1 Å². The first kappa shape index (κ1) is 23.5. The SMILES string of the molecule is CN=C(NCCNC(=O)C(C)C)NC1CCN(C2CCCCC2)CC1.I. The van der Waals surface area contributed by atoms with Gasteiger partial charge in [0.05, 0.1) is 0 Å². The number of piperidine rings is 1. The van der Waals surface area contributed by atoms with E-state index in [2.05, 4.69) is 25.8 Å². The predicted octanol–water partition coefficient (Wildman–Crippen LogP) is 2.34. The van der Waals surface area contributed by atoms with Crippen molar-refractivity contribution < 1.29 is 4.79 Å². The molecular weight excluding hydrogens is 441 g/mol. The smallest absolute Gasteiger partial charge is 0.222 e. The highest BCUT2D eigenvalue weighted by atomic mass is 127. The largest absolute Gasteiger partial charge is 0.355 e. The topological polar surface area (TPSA) is 68.8 Å². The van der Waals surface area contributed by atoms with Crippen LogP contribution < -0.4 is 16.0 Å². The Balaban J connectivity index is 0.00000338. The van der Waals surface area contributed by atoms with E-state index in [4.69, 9.17) is 0 Å². The quantitative estimate of drug-likeness (QED) is 0.237. The zero-order valence-corrected chi connectivity index (χ0v) is 19.1. The number of nitrogens with zero attached hydrogens (tertiary/aromatic N) is 2. The van der Waals surface area contributed by atoms with Gasteiger partial charge in [0, 0.05) is 51.2 Å². The number of guanidine groups is 1. The van der Waals surface area contributed by atoms with Gasteiger partial charge in [0.25, 0.3) is 0 Å². The van der Waals surface area contributed by atoms with Gasteiger partial charge < -0.3 is 20.9 Å². The first-order valence-electron chi connectivity index (χ1n) is 10.1. The summed E-state index contributed by atoms with van der Waals surface area (Å²) in [5.74, 6) is 0.974. The summed E-state index contributed by atoms with van der Waals surface area (Å²) in [5.41, 5.74) is 0. The fourth-order valence-electron chi connectivity index (χ4n) is 3.81. The molecule has 0 aromatic rings. The molecule has 2 fully saturated rings. The third-order valence-electron chi connectivity index (χ3n) is 5.43. The first-order valence-corrected chi connectivity index (χ1v) is 10.1. The van der Waals surface area contributed by atoms with Crippen molar-refractivity contribution in [3.8, 4) is 0 Å². The number of aliphatic imine (C=N–C) groups is 1. The van der Waals surface area contributed by atoms with Gasteiger partial charge in [0.2, 0.25) is 5.91 Å². The van der Waals surface area contributed by atoms with E-state index in [0.29, 0.717) is 19.1 Å². The Morgan fingerprint density at radius 3 is 2.23 bits per heavy atom. The van der Waals surface area contributed by atoms with Gasteiger partial charge in [-0.1, -0.05) is 33.1 Å². The molecule has 0 unspecified atom stereocenters. The third kappa shape index (κ3) is 7.98. The van der Waals surface area contributed by atoms with E-state index in [1.165, 1.54) is 58.0 Å². The number of hydrogen-bond donors (Lipinski definition) is 3. The van der Waals surface area contributed by atoms with Gasteiger partial charge in [0.15, 0.2) is 5.96 Å². The fraction of sp³-hybridized carbons (Fsp3) is 0.895. The minimum atomic E-state index is 0. The van der Waals surface area contributed by atoms with Crippen molar-refractivity contribution >= 4 is 35.8 Å². The van der Waals surface area contributed by atoms with Gasteiger partial charge in [-0.25, -0.2) is 0 Å². The van der Waals surface area contributed by atoms with Crippen molar-refractivity contribution in [2.75, 3.05) is 33.2 Å². The molecule has 1 aliphatic heterocycles. The van der Waals surface area contributed by atoms with E-state index in [1.807, 2.05) is 13.8 Å². The standard InChI is InChI=1S/C19H37N5O.HI/c1-15(2)18(25)21-11-12-22-19(20-3)23-16-9-13-24(14-10-16)17-7-5-4-6-8-17;/h15-17H,4-14H2,1-3H3,(H,21,25)(H2,20,22,23);1H. The molecule has 1 amide bonds. The van der Waals surface area contributed by atoms with E-state index in [1.54, 1.807) is 7.05 Å². The molecule has 26 heavy (non-hydrogen) atoms. The lowest BCUT2D eigenvalue weighted by Gasteiger charge is -2.39. The predicted molar refractivity (Wildman–Crippen MR) is 119 cm³/mol. The summed E-state index contributed by atoms with van der Waals surface area (Å²) in [7, 11) is 1.80. The summed E-state index contributed by atoms with van der Waals surface area (Å²) in [5, 5.41) is 9.75. The molecule has 0 atom stereocenters. The number of amides is 1. The maximum Gasteiger partial charge on any atom is 0.222 e. The molecule has 0 spiro atoms. The van der Waals surface area contributed by atoms with Crippen LogP contribution in [0.25, 0.3) is 0 Å². The summed E-state index contributed by atoms with van der Waals surface area (Å²) in [6.45, 7) is 7.52. The van der Waals surface area contributed by atoms with Crippen LogP contribution in [0.4, 0.5) is 0 Å². The molecule has 0 aromatic heterocycles. The maximum atomic E-state index is 11.5. The molecule has 7 heteroatoms. The molecule has 0 bridgehead atoms. The van der Waals surface area contributed by atoms with Crippen molar-refractivity contribution in [3.05, 3.63) is 0 Å². The van der Waals surface area contributed by atoms with Crippen molar-refractivity contribution in [2.24, 2.45) is 10.9 Å². The monoisotopic (exact) mass is 479 g/mol. The van der Waals surface area contributed by atoms with Crippen LogP contribution in [-0.2, 0) is 4.79 Å². The third-order valence-corrected chi connectivity index (χ3v) is 5.43. The Bertz CT molecular complexity index is 430. The number of carbonyl (C=O) groups is 1. The average Bonchev–Trinajstić information content (AvgIpc) is 2.65. The van der Waals surface area contributed by atoms with Gasteiger partial charge in [0.1, 0.15) is 0 Å². The Labute approximate surface area is 176 Å². The number of hydrogen-bond acceptors (Lipinski definition) is 3. The Morgan fingerprint density at radius 2 is 1.65 bits per heavy atom. The summed E-state index contributed by atoms with van der Waals surface area (Å²) in [6, 6.07) is 1.33. The molecule has 1 heterocycles. The van der Waals surface area contributed by atoms with Crippen LogP contribution in [0.2, 0.25) is 0 Å². The fourth-order valence-corrected chi connectivity index (χ4v) is 3.81. The lowest BCUT2D eigenvalue weighted by Crippen LogP contribution is -2.51. The van der Waals surface area contributed by atoms with Crippen molar-refractivity contribution in [3.63, 3.8) is 0 Å². The highest BCUT2D eigenvalue weighted by molar-refractivity contribution is 14.0. The minimum absolute atomic E-state index is 0. The van der Waals surface area contributed by atoms with Gasteiger partial charge >= 0.3 is 0 Å². The molecule has 0 radical (unpaired) electrons. The Morgan fingerprint density at radius 1 is 1.04 bits per heavy atom. The first-order chi connectivity index (χ1) is 12.1. The van der Waals surface area contributed by atoms with Gasteiger partial charge in [-0.3, -0.25) is 9.79 Å². The van der Waals surface area contributed by atoms with Crippen molar-refractivity contribution in [1.82, 2.24) is 20.9 Å². The number of likely N-dealkylation sites (tertiary alicyclic amines) is 1. The van der Waals surface area contributed by atoms with E-state index in [-0.39, 0.29) is 35.8 Å². The van der Waals surface area contributed by atoms with Crippen molar-refractivity contribution in [1.29, 1.82) is 0 Å². The van der Waals surface area contributed by atoms with E-state index in [0.717, 1.165) is 12.0 Å². The molecule has 1 aliphatic carbocycles. The van der Waals surface area contributed by atoms with Crippen LogP contribution in [0.1, 0.15) is 58.8 Å². The van der Waals surface area contributed by atoms with E-state index in [9.17, 15) is 4.79 Å². The molecular formula is C19H38IN5O. The van der Waals surface area contributed by atoms with Gasteiger partial charge in [-0.15, -0.1) is 24.0 Å². The summed E-state index contributed by atoms with van der Waals surface area (Å²) < 4.78 is 0. The van der Waals surface area contributed by atoms with Gasteiger partial charge in [-0.05, 0) is 25.7 Å². The van der Waals surface area contributed by atoms with Crippen LogP contribution in [0.5, 0.6) is 0 Å². The molecule has 152 valence electrons. The Kier molecular flexibility index (Phi) is 11.5. The highest BCUT2D eigenvalue weighted by Crippen LogP contribution is 2.25. The molecule has 3 N–H and O–H groups in total. The molecule has 1 saturated heterocycles. The number of rotatable bonds is 6. The summed E-state index contributed by atoms with van der Waals surface area (Å²) in [6.07, 6.45) is 9.39. The Hall–Kier alpha value is -0.570. The normalized spacial score (nSPS) is 20.5. The van der Waals surface area contributed by atoms with Crippen LogP contribution in [0, 0.1) is 5.92 Å². The number of halogens is 1. The minimum Gasteiger partial charge on any atom is -0.355 e. The second-order valence-corrected chi connectivity index (χ2v) is 7.69. The summed E-state index contributed by atoms with van der Waals surface area (Å²) in [4.78, 5) is 18.6. The highest BCUT2D eigenvalue weighted by Gasteiger charge is 2.26. The zero-order chi connectivity index (χ0) is 18.1. The lowest BCUT2D eigenvalue weighted by atomic mass is 9.92. The van der Waals surface area contributed by atoms with Crippen LogP contribution in [0.3, 0.4) is 0 Å². The van der Waals surface area contributed by atoms with E-state index < -0.39 is 0 Å². The maximum absolute atomic E-state index is 11.5. The molecule has 2 aliphatic rings. The molecule has 0 aromatic carbocycles. The van der Waals surface area contributed by atoms with Crippen LogP contribution >= 0.6 is 24.0 Å². The molecule has 2 rings (SSSR count). The molecule has 6 nitrogen and oxygen atoms in total. The van der Waals surface area contributed by atoms with Gasteiger partial charge in [-0.2, -0.15) is 0 Å². The second kappa shape index (κ2) is 12.8. The number of carbonyl (C=O) groups excluding carboxylic acids is 1. The second-order valence-electron chi connectivity index (χ2n) is 7.69. The van der Waals surface area contributed by atoms with E-state index >= 15 is 0 Å². The average molecular weight is 479 g/mol.